The Balaban J connectivity index is 1.38. The number of nitrogens with one attached hydrogen (secondary N) is 2. The highest BCUT2D eigenvalue weighted by atomic mass is 32.1. The number of anilines is 1. The lowest BCUT2D eigenvalue weighted by molar-refractivity contribution is -0.120. The summed E-state index contributed by atoms with van der Waals surface area (Å²) in [7, 11) is 0. The lowest BCUT2D eigenvalue weighted by atomic mass is 9.90. The molecule has 5 aromatic rings. The van der Waals surface area contributed by atoms with E-state index in [4.69, 9.17) is 21.6 Å². The quantitative estimate of drug-likeness (QED) is 0.250. The van der Waals surface area contributed by atoms with Crippen LogP contribution >= 0.6 is 12.2 Å². The molecule has 0 spiro atoms. The Hall–Kier alpha value is -4.29. The SMILES string of the molecule is Cc1cc(C)c2oc(-c3cccc(NC(=S)NC(=O)C(c4ccccc4)c4ccccc4)c3C)nc2c1. The van der Waals surface area contributed by atoms with Crippen molar-refractivity contribution in [3.8, 4) is 11.5 Å². The molecule has 2 N–H and O–H groups in total. The van der Waals surface area contributed by atoms with Crippen molar-refractivity contribution in [2.45, 2.75) is 26.7 Å². The lowest BCUT2D eigenvalue weighted by Gasteiger charge is -2.19. The molecule has 0 saturated heterocycles. The molecule has 0 atom stereocenters. The summed E-state index contributed by atoms with van der Waals surface area (Å²) in [4.78, 5) is 18.1. The molecule has 1 amide bonds. The number of aromatic nitrogens is 1. The van der Waals surface area contributed by atoms with E-state index < -0.39 is 5.92 Å². The second-order valence-corrected chi connectivity index (χ2v) is 9.53. The number of nitrogens with zero attached hydrogens (tertiary/aromatic N) is 1. The molecule has 0 saturated carbocycles. The van der Waals surface area contributed by atoms with E-state index in [0.717, 1.165) is 50.2 Å². The Morgan fingerprint density at radius 2 is 1.51 bits per heavy atom. The number of rotatable bonds is 5. The molecule has 6 heteroatoms. The fourth-order valence-corrected chi connectivity index (χ4v) is 4.83. The molecule has 184 valence electrons. The lowest BCUT2D eigenvalue weighted by Crippen LogP contribution is -2.38. The van der Waals surface area contributed by atoms with E-state index in [9.17, 15) is 4.79 Å². The molecule has 0 unspecified atom stereocenters. The summed E-state index contributed by atoms with van der Waals surface area (Å²) in [5, 5.41) is 6.31. The normalized spacial score (nSPS) is 11.0. The molecule has 0 fully saturated rings. The molecule has 0 bridgehead atoms. The van der Waals surface area contributed by atoms with E-state index in [-0.39, 0.29) is 11.0 Å². The number of benzene rings is 4. The van der Waals surface area contributed by atoms with E-state index in [1.54, 1.807) is 0 Å². The van der Waals surface area contributed by atoms with Crippen LogP contribution in [0, 0.1) is 20.8 Å². The van der Waals surface area contributed by atoms with Gasteiger partial charge in [0.1, 0.15) is 5.52 Å². The largest absolute Gasteiger partial charge is 0.436 e. The van der Waals surface area contributed by atoms with Gasteiger partial charge in [-0.15, -0.1) is 0 Å². The van der Waals surface area contributed by atoms with E-state index in [0.29, 0.717) is 5.89 Å². The van der Waals surface area contributed by atoms with Crippen molar-refractivity contribution in [3.63, 3.8) is 0 Å². The fraction of sp³-hybridized carbons (Fsp3) is 0.129. The minimum atomic E-state index is -0.485. The third-order valence-electron chi connectivity index (χ3n) is 6.40. The highest BCUT2D eigenvalue weighted by Crippen LogP contribution is 2.32. The maximum atomic E-state index is 13.4. The van der Waals surface area contributed by atoms with Gasteiger partial charge in [0.05, 0.1) is 5.92 Å². The van der Waals surface area contributed by atoms with E-state index >= 15 is 0 Å². The van der Waals surface area contributed by atoms with Crippen LogP contribution in [0.25, 0.3) is 22.6 Å². The van der Waals surface area contributed by atoms with E-state index in [1.807, 2.05) is 106 Å². The van der Waals surface area contributed by atoms with Gasteiger partial charge in [0.2, 0.25) is 11.8 Å². The van der Waals surface area contributed by atoms with Gasteiger partial charge in [-0.05, 0) is 79.0 Å². The molecular weight excluding hydrogens is 478 g/mol. The zero-order valence-corrected chi connectivity index (χ0v) is 21.7. The molecule has 1 aromatic heterocycles. The van der Waals surface area contributed by atoms with Crippen molar-refractivity contribution < 1.29 is 9.21 Å². The van der Waals surface area contributed by atoms with Gasteiger partial charge in [-0.2, -0.15) is 0 Å². The van der Waals surface area contributed by atoms with E-state index in [2.05, 4.69) is 16.7 Å². The minimum absolute atomic E-state index is 0.200. The summed E-state index contributed by atoms with van der Waals surface area (Å²) in [5.74, 6) is -0.137. The molecule has 0 aliphatic carbocycles. The van der Waals surface area contributed by atoms with Crippen LogP contribution in [0.3, 0.4) is 0 Å². The van der Waals surface area contributed by atoms with Gasteiger partial charge in [0.25, 0.3) is 0 Å². The molecule has 37 heavy (non-hydrogen) atoms. The third-order valence-corrected chi connectivity index (χ3v) is 6.60. The first-order valence-corrected chi connectivity index (χ1v) is 12.5. The molecule has 4 aromatic carbocycles. The summed E-state index contributed by atoms with van der Waals surface area (Å²) >= 11 is 5.55. The Bertz CT molecular complexity index is 1550. The van der Waals surface area contributed by atoms with Crippen LogP contribution in [-0.2, 0) is 4.79 Å². The van der Waals surface area contributed by atoms with Crippen molar-refractivity contribution in [2.75, 3.05) is 5.32 Å². The summed E-state index contributed by atoms with van der Waals surface area (Å²) < 4.78 is 6.13. The topological polar surface area (TPSA) is 67.2 Å². The first kappa shape index (κ1) is 24.4. The van der Waals surface area contributed by atoms with Gasteiger partial charge >= 0.3 is 0 Å². The van der Waals surface area contributed by atoms with Crippen molar-refractivity contribution in [1.82, 2.24) is 10.3 Å². The maximum Gasteiger partial charge on any atom is 0.238 e. The average molecular weight is 506 g/mol. The van der Waals surface area contributed by atoms with Crippen molar-refractivity contribution >= 4 is 40.0 Å². The van der Waals surface area contributed by atoms with Crippen molar-refractivity contribution in [2.24, 2.45) is 0 Å². The van der Waals surface area contributed by atoms with E-state index in [1.165, 1.54) is 0 Å². The maximum absolute atomic E-state index is 13.4. The number of hydrogen-bond acceptors (Lipinski definition) is 4. The zero-order valence-electron chi connectivity index (χ0n) is 20.9. The number of fused-ring (bicyclic) bond motifs is 1. The molecule has 0 aliphatic rings. The van der Waals surface area contributed by atoms with Crippen molar-refractivity contribution in [1.29, 1.82) is 0 Å². The van der Waals surface area contributed by atoms with Crippen LogP contribution in [0.4, 0.5) is 5.69 Å². The molecule has 5 rings (SSSR count). The molecule has 0 radical (unpaired) electrons. The van der Waals surface area contributed by atoms with Crippen LogP contribution in [0.1, 0.15) is 33.7 Å². The van der Waals surface area contributed by atoms with Gasteiger partial charge < -0.3 is 15.1 Å². The van der Waals surface area contributed by atoms with Crippen LogP contribution in [-0.4, -0.2) is 16.0 Å². The monoisotopic (exact) mass is 505 g/mol. The number of carbonyl (C=O) groups is 1. The zero-order chi connectivity index (χ0) is 25.9. The van der Waals surface area contributed by atoms with Crippen LogP contribution < -0.4 is 10.6 Å². The van der Waals surface area contributed by atoms with Gasteiger partial charge in [0.15, 0.2) is 10.7 Å². The highest BCUT2D eigenvalue weighted by molar-refractivity contribution is 7.80. The fourth-order valence-electron chi connectivity index (χ4n) is 4.62. The summed E-state index contributed by atoms with van der Waals surface area (Å²) in [6, 6.07) is 29.3. The third kappa shape index (κ3) is 5.15. The second kappa shape index (κ2) is 10.4. The van der Waals surface area contributed by atoms with Gasteiger partial charge in [-0.25, -0.2) is 4.98 Å². The van der Waals surface area contributed by atoms with Crippen LogP contribution in [0.15, 0.2) is 95.4 Å². The number of oxazole rings is 1. The van der Waals surface area contributed by atoms with Crippen LogP contribution in [0.5, 0.6) is 0 Å². The van der Waals surface area contributed by atoms with Gasteiger partial charge in [-0.3, -0.25) is 4.79 Å². The number of carbonyl (C=O) groups excluding carboxylic acids is 1. The summed E-state index contributed by atoms with van der Waals surface area (Å²) in [5.41, 5.74) is 8.16. The number of thiocarbonyl (C=S) groups is 1. The summed E-state index contributed by atoms with van der Waals surface area (Å²) in [6.07, 6.45) is 0. The minimum Gasteiger partial charge on any atom is -0.436 e. The number of aryl methyl sites for hydroxylation is 2. The molecule has 1 heterocycles. The Morgan fingerprint density at radius 1 is 0.865 bits per heavy atom. The standard InChI is InChI=1S/C31H27N3O2S/c1-19-17-20(2)28-26(18-19)32-30(36-28)24-15-10-16-25(21(24)3)33-31(37)34-29(35)27(22-11-6-4-7-12-22)23-13-8-5-9-14-23/h4-18,27H,1-3H3,(H2,33,34,35,37). The first-order chi connectivity index (χ1) is 17.9. The highest BCUT2D eigenvalue weighted by Gasteiger charge is 2.23. The Morgan fingerprint density at radius 3 is 2.16 bits per heavy atom. The average Bonchev–Trinajstić information content (AvgIpc) is 3.31. The first-order valence-electron chi connectivity index (χ1n) is 12.1. The van der Waals surface area contributed by atoms with Crippen LogP contribution in [0.2, 0.25) is 0 Å². The van der Waals surface area contributed by atoms with Gasteiger partial charge in [0, 0.05) is 11.3 Å². The van der Waals surface area contributed by atoms with Gasteiger partial charge in [-0.1, -0.05) is 72.8 Å². The Labute approximate surface area is 221 Å². The molecular formula is C31H27N3O2S. The number of amides is 1. The van der Waals surface area contributed by atoms with Crippen molar-refractivity contribution in [3.05, 3.63) is 119 Å². The predicted octanol–water partition coefficient (Wildman–Crippen LogP) is 7.07. The smallest absolute Gasteiger partial charge is 0.238 e. The Kier molecular flexibility index (Phi) is 6.84. The second-order valence-electron chi connectivity index (χ2n) is 9.12. The summed E-state index contributed by atoms with van der Waals surface area (Å²) in [6.45, 7) is 6.05. The predicted molar refractivity (Wildman–Crippen MR) is 153 cm³/mol. The number of hydrogen-bond donors (Lipinski definition) is 2. The molecule has 5 nitrogen and oxygen atoms in total. The molecule has 0 aliphatic heterocycles.